The lowest BCUT2D eigenvalue weighted by molar-refractivity contribution is -0.173. The van der Waals surface area contributed by atoms with E-state index in [-0.39, 0.29) is 19.4 Å². The normalized spacial score (nSPS) is 19.5. The third-order valence-electron chi connectivity index (χ3n) is 3.98. The van der Waals surface area contributed by atoms with Crippen LogP contribution in [-0.2, 0) is 14.1 Å². The number of allylic oxidation sites excluding steroid dienone is 4. The average molecular weight is 492 g/mol. The van der Waals surface area contributed by atoms with Crippen LogP contribution >= 0.6 is 15.9 Å². The van der Waals surface area contributed by atoms with E-state index in [0.717, 1.165) is 17.7 Å². The fraction of sp³-hybridized carbons (Fsp3) is 0.579. The first-order valence-corrected chi connectivity index (χ1v) is 10.6. The van der Waals surface area contributed by atoms with Crippen molar-refractivity contribution in [1.82, 2.24) is 5.32 Å². The van der Waals surface area contributed by atoms with E-state index < -0.39 is 12.1 Å². The van der Waals surface area contributed by atoms with Crippen molar-refractivity contribution in [3.05, 3.63) is 34.9 Å². The SMILES string of the molecule is C/C=C(\C)CBr.C/C=C(\C)CN=C1OB1C1[B]O1.C/C=C(\C)CNC(=O)C(F)(F)F. The molecule has 2 fully saturated rings. The summed E-state index contributed by atoms with van der Waals surface area (Å²) in [5.41, 5.74) is 3.33. The summed E-state index contributed by atoms with van der Waals surface area (Å²) < 4.78 is 44.9. The third-order valence-corrected chi connectivity index (χ3v) is 4.87. The largest absolute Gasteiger partial charge is 0.545 e. The van der Waals surface area contributed by atoms with Gasteiger partial charge in [-0.1, -0.05) is 50.9 Å². The molecule has 0 aromatic carbocycles. The molecule has 167 valence electrons. The Morgan fingerprint density at radius 2 is 1.70 bits per heavy atom. The highest BCUT2D eigenvalue weighted by Gasteiger charge is 2.56. The molecule has 0 spiro atoms. The monoisotopic (exact) mass is 491 g/mol. The fourth-order valence-corrected chi connectivity index (χ4v) is 1.74. The van der Waals surface area contributed by atoms with E-state index in [1.165, 1.54) is 11.1 Å². The highest BCUT2D eigenvalue weighted by molar-refractivity contribution is 9.09. The van der Waals surface area contributed by atoms with Gasteiger partial charge >= 0.3 is 26.5 Å². The van der Waals surface area contributed by atoms with Crippen molar-refractivity contribution in [3.8, 4) is 0 Å². The molecule has 0 aromatic heterocycles. The molecule has 1 unspecified atom stereocenters. The molecule has 0 bridgehead atoms. The van der Waals surface area contributed by atoms with Gasteiger partial charge in [-0.3, -0.25) is 9.79 Å². The number of carbonyl (C=O) groups excluding carboxylic acids is 1. The van der Waals surface area contributed by atoms with E-state index in [0.29, 0.717) is 5.57 Å². The number of hydrogen-bond donors (Lipinski definition) is 1. The Balaban J connectivity index is 0.000000447. The van der Waals surface area contributed by atoms with Crippen molar-refractivity contribution in [2.75, 3.05) is 18.4 Å². The highest BCUT2D eigenvalue weighted by Crippen LogP contribution is 2.23. The number of carbonyl (C=O) groups is 1. The van der Waals surface area contributed by atoms with Gasteiger partial charge in [-0.15, -0.1) is 0 Å². The van der Waals surface area contributed by atoms with Gasteiger partial charge in [0, 0.05) is 11.9 Å². The maximum atomic E-state index is 11.6. The van der Waals surface area contributed by atoms with Gasteiger partial charge in [0.05, 0.1) is 12.4 Å². The van der Waals surface area contributed by atoms with Gasteiger partial charge in [-0.2, -0.15) is 13.2 Å². The molecule has 1 amide bonds. The molecule has 0 saturated carbocycles. The van der Waals surface area contributed by atoms with Crippen LogP contribution in [0, 0.1) is 0 Å². The lowest BCUT2D eigenvalue weighted by atomic mass is 9.65. The Hall–Kier alpha value is -1.48. The second-order valence-corrected chi connectivity index (χ2v) is 7.21. The predicted octanol–water partition coefficient (Wildman–Crippen LogP) is 4.41. The van der Waals surface area contributed by atoms with Crippen LogP contribution in [0.3, 0.4) is 0 Å². The number of alkyl halides is 4. The van der Waals surface area contributed by atoms with Crippen LogP contribution in [0.2, 0.25) is 0 Å². The molecule has 2 saturated heterocycles. The van der Waals surface area contributed by atoms with Crippen molar-refractivity contribution in [1.29, 1.82) is 0 Å². The molecule has 1 atom stereocenters. The minimum absolute atomic E-state index is 0.0607. The molecule has 5 nitrogen and oxygen atoms in total. The van der Waals surface area contributed by atoms with E-state index in [2.05, 4.69) is 46.9 Å². The molecule has 0 aromatic rings. The first kappa shape index (κ1) is 28.5. The highest BCUT2D eigenvalue weighted by atomic mass is 79.9. The van der Waals surface area contributed by atoms with Crippen LogP contribution in [-0.4, -0.2) is 56.6 Å². The summed E-state index contributed by atoms with van der Waals surface area (Å²) in [6, 6.07) is 0. The van der Waals surface area contributed by atoms with Gasteiger partial charge in [0.1, 0.15) is 0 Å². The molecule has 2 rings (SSSR count). The first-order chi connectivity index (χ1) is 14.0. The maximum absolute atomic E-state index is 11.6. The molecular formula is C19H29B2BrF3N2O3. The minimum Gasteiger partial charge on any atom is -0.545 e. The molecular weight excluding hydrogens is 463 g/mol. The topological polar surface area (TPSA) is 66.5 Å². The van der Waals surface area contributed by atoms with E-state index in [1.807, 2.05) is 13.8 Å². The van der Waals surface area contributed by atoms with E-state index in [4.69, 9.17) is 9.31 Å². The molecule has 2 aliphatic rings. The summed E-state index contributed by atoms with van der Waals surface area (Å²) in [7, 11) is 1.77. The van der Waals surface area contributed by atoms with Crippen LogP contribution < -0.4 is 5.32 Å². The number of rotatable bonds is 6. The summed E-state index contributed by atoms with van der Waals surface area (Å²) in [4.78, 5) is 14.5. The van der Waals surface area contributed by atoms with Gasteiger partial charge in [-0.25, -0.2) is 0 Å². The predicted molar refractivity (Wildman–Crippen MR) is 121 cm³/mol. The standard InChI is InChI=1S/C7H10B2NO2.C7H10F3NO.C5H9Br/c1-3-5(2)4-10-7-9(12-7)6-8-11-6;1-3-5(2)4-11-6(12)7(8,9)10;1-3-5(2)4-6/h3,6H,4H2,1-2H3;3H,4H2,1-2H3,(H,11,12);3H,4H2,1-2H3/b5-3+,10-7?;2*5-3+. The van der Waals surface area contributed by atoms with E-state index >= 15 is 0 Å². The van der Waals surface area contributed by atoms with Crippen LogP contribution in [0.15, 0.2) is 39.9 Å². The zero-order valence-corrected chi connectivity index (χ0v) is 19.9. The van der Waals surface area contributed by atoms with Gasteiger partial charge in [0.25, 0.3) is 0 Å². The average Bonchev–Trinajstić information content (AvgIpc) is 3.62. The molecule has 2 heterocycles. The van der Waals surface area contributed by atoms with E-state index in [9.17, 15) is 18.0 Å². The Kier molecular flexibility index (Phi) is 13.8. The van der Waals surface area contributed by atoms with Crippen molar-refractivity contribution < 1.29 is 27.3 Å². The van der Waals surface area contributed by atoms with Crippen LogP contribution in [0.1, 0.15) is 41.5 Å². The lowest BCUT2D eigenvalue weighted by Crippen LogP contribution is -2.37. The number of hydrogen-bond acceptors (Lipinski definition) is 4. The smallest absolute Gasteiger partial charge is 0.473 e. The second kappa shape index (κ2) is 14.5. The van der Waals surface area contributed by atoms with Crippen molar-refractivity contribution in [2.24, 2.45) is 4.99 Å². The van der Waals surface area contributed by atoms with Gasteiger partial charge in [0.15, 0.2) is 5.80 Å². The lowest BCUT2D eigenvalue weighted by Gasteiger charge is -2.07. The molecule has 1 radical (unpaired) electrons. The summed E-state index contributed by atoms with van der Waals surface area (Å²) in [6.45, 7) is 12.3. The zero-order chi connectivity index (χ0) is 23.3. The number of amides is 1. The Labute approximate surface area is 186 Å². The number of nitrogens with zero attached hydrogens (tertiary/aromatic N) is 1. The summed E-state index contributed by atoms with van der Waals surface area (Å²) in [5, 5.41) is 2.74. The molecule has 0 aliphatic carbocycles. The fourth-order valence-electron chi connectivity index (χ4n) is 1.41. The van der Waals surface area contributed by atoms with Crippen LogP contribution in [0.5, 0.6) is 0 Å². The van der Waals surface area contributed by atoms with Crippen LogP contribution in [0.25, 0.3) is 0 Å². The van der Waals surface area contributed by atoms with Crippen molar-refractivity contribution in [2.45, 2.75) is 53.6 Å². The molecule has 11 heteroatoms. The molecule has 30 heavy (non-hydrogen) atoms. The Bertz CT molecular complexity index is 676. The van der Waals surface area contributed by atoms with Crippen LogP contribution in [0.4, 0.5) is 13.2 Å². The summed E-state index contributed by atoms with van der Waals surface area (Å²) in [6.07, 6.45) is 1.00. The Morgan fingerprint density at radius 3 is 2.07 bits per heavy atom. The first-order valence-electron chi connectivity index (χ1n) is 9.46. The summed E-state index contributed by atoms with van der Waals surface area (Å²) >= 11 is 3.31. The van der Waals surface area contributed by atoms with Gasteiger partial charge < -0.3 is 14.6 Å². The second-order valence-electron chi connectivity index (χ2n) is 6.65. The Morgan fingerprint density at radius 1 is 1.17 bits per heavy atom. The van der Waals surface area contributed by atoms with Crippen molar-refractivity contribution >= 4 is 42.0 Å². The van der Waals surface area contributed by atoms with Gasteiger partial charge in [0.2, 0.25) is 0 Å². The van der Waals surface area contributed by atoms with Crippen molar-refractivity contribution in [3.63, 3.8) is 0 Å². The quantitative estimate of drug-likeness (QED) is 0.259. The summed E-state index contributed by atoms with van der Waals surface area (Å²) in [5.74, 6) is -0.867. The maximum Gasteiger partial charge on any atom is 0.473 e. The van der Waals surface area contributed by atoms with E-state index in [1.54, 1.807) is 32.7 Å². The third kappa shape index (κ3) is 13.7. The number of nitrogens with one attached hydrogen (secondary N) is 1. The van der Waals surface area contributed by atoms with Gasteiger partial charge in [-0.05, 0) is 41.5 Å². The zero-order valence-electron chi connectivity index (χ0n) is 18.3. The molecule has 1 N–H and O–H groups in total. The number of halogens is 4. The number of aliphatic imine (C=N–C) groups is 1. The minimum atomic E-state index is -4.78. The molecule has 2 aliphatic heterocycles.